The number of amides is 3. The number of urea groups is 1. The Hall–Kier alpha value is -1.63. The first kappa shape index (κ1) is 12.8. The maximum atomic E-state index is 12.3. The maximum absolute atomic E-state index is 12.3. The number of hydrogen-bond acceptors (Lipinski definition) is 4. The highest BCUT2D eigenvalue weighted by molar-refractivity contribution is 5.90. The Morgan fingerprint density at radius 3 is 2.67 bits per heavy atom. The van der Waals surface area contributed by atoms with Crippen molar-refractivity contribution >= 4 is 17.7 Å². The SMILES string of the molecule is CNN1CCC(=O)N2CCCC(C(C)=O)N2C1=O. The van der Waals surface area contributed by atoms with Crippen molar-refractivity contribution in [3.8, 4) is 0 Å². The minimum absolute atomic E-state index is 0.0844. The molecule has 1 N–H and O–H groups in total. The Labute approximate surface area is 106 Å². The predicted octanol–water partition coefficient (Wildman–Crippen LogP) is -0.256. The summed E-state index contributed by atoms with van der Waals surface area (Å²) in [5.41, 5.74) is 2.76. The number of ketones is 1. The molecule has 1 unspecified atom stereocenters. The van der Waals surface area contributed by atoms with E-state index < -0.39 is 6.04 Å². The molecular weight excluding hydrogens is 236 g/mol. The highest BCUT2D eigenvalue weighted by atomic mass is 16.2. The van der Waals surface area contributed by atoms with E-state index in [4.69, 9.17) is 0 Å². The fourth-order valence-corrected chi connectivity index (χ4v) is 2.45. The first-order valence-electron chi connectivity index (χ1n) is 6.15. The number of Topliss-reactive ketones (excluding diaryl/α,β-unsaturated/α-hetero) is 1. The molecular formula is C11H18N4O3. The second-order valence-electron chi connectivity index (χ2n) is 4.54. The van der Waals surface area contributed by atoms with Gasteiger partial charge in [-0.25, -0.2) is 20.2 Å². The van der Waals surface area contributed by atoms with Crippen LogP contribution in [0.25, 0.3) is 0 Å². The molecule has 7 heteroatoms. The minimum Gasteiger partial charge on any atom is -0.298 e. The van der Waals surface area contributed by atoms with Gasteiger partial charge in [0.15, 0.2) is 5.78 Å². The van der Waals surface area contributed by atoms with E-state index in [0.717, 1.165) is 6.42 Å². The van der Waals surface area contributed by atoms with E-state index in [0.29, 0.717) is 19.5 Å². The lowest BCUT2D eigenvalue weighted by molar-refractivity contribution is -0.153. The topological polar surface area (TPSA) is 73.0 Å². The van der Waals surface area contributed by atoms with Gasteiger partial charge in [0.25, 0.3) is 0 Å². The van der Waals surface area contributed by atoms with E-state index in [1.54, 1.807) is 7.05 Å². The van der Waals surface area contributed by atoms with Crippen LogP contribution in [0.3, 0.4) is 0 Å². The standard InChI is InChI=1S/C11H18N4O3/c1-8(16)9-4-3-6-14-10(17)5-7-13(12-2)11(18)15(9)14/h9,12H,3-7H2,1-2H3. The lowest BCUT2D eigenvalue weighted by atomic mass is 10.0. The van der Waals surface area contributed by atoms with Crippen molar-refractivity contribution in [3.63, 3.8) is 0 Å². The molecule has 0 saturated carbocycles. The van der Waals surface area contributed by atoms with Gasteiger partial charge in [0.1, 0.15) is 6.04 Å². The van der Waals surface area contributed by atoms with Gasteiger partial charge in [0.2, 0.25) is 5.91 Å². The van der Waals surface area contributed by atoms with Crippen molar-refractivity contribution in [1.82, 2.24) is 20.5 Å². The van der Waals surface area contributed by atoms with Crippen LogP contribution in [0.15, 0.2) is 0 Å². The molecule has 1 atom stereocenters. The lowest BCUT2D eigenvalue weighted by Crippen LogP contribution is -2.61. The summed E-state index contributed by atoms with van der Waals surface area (Å²) in [6, 6.07) is -0.854. The van der Waals surface area contributed by atoms with Crippen LogP contribution in [0.2, 0.25) is 0 Å². The van der Waals surface area contributed by atoms with Crippen LogP contribution in [0.1, 0.15) is 26.2 Å². The maximum Gasteiger partial charge on any atom is 0.353 e. The second kappa shape index (κ2) is 4.93. The van der Waals surface area contributed by atoms with E-state index in [9.17, 15) is 14.4 Å². The average Bonchev–Trinajstić information content (AvgIpc) is 2.48. The zero-order valence-corrected chi connectivity index (χ0v) is 10.7. The average molecular weight is 254 g/mol. The third kappa shape index (κ3) is 2.05. The molecule has 2 aliphatic heterocycles. The molecule has 100 valence electrons. The largest absolute Gasteiger partial charge is 0.353 e. The molecule has 18 heavy (non-hydrogen) atoms. The molecule has 2 saturated heterocycles. The number of hydrazine groups is 2. The van der Waals surface area contributed by atoms with Gasteiger partial charge in [-0.15, -0.1) is 0 Å². The number of nitrogens with zero attached hydrogens (tertiary/aromatic N) is 3. The van der Waals surface area contributed by atoms with Crippen molar-refractivity contribution < 1.29 is 14.4 Å². The van der Waals surface area contributed by atoms with Crippen LogP contribution in [0, 0.1) is 0 Å². The van der Waals surface area contributed by atoms with Gasteiger partial charge >= 0.3 is 6.03 Å². The number of rotatable bonds is 2. The van der Waals surface area contributed by atoms with Gasteiger partial charge in [-0.2, -0.15) is 0 Å². The smallest absolute Gasteiger partial charge is 0.298 e. The van der Waals surface area contributed by atoms with Crippen molar-refractivity contribution in [2.45, 2.75) is 32.2 Å². The molecule has 3 amide bonds. The minimum atomic E-state index is -0.524. The van der Waals surface area contributed by atoms with E-state index in [-0.39, 0.29) is 24.1 Å². The third-order valence-corrected chi connectivity index (χ3v) is 3.41. The fraction of sp³-hybridized carbons (Fsp3) is 0.727. The third-order valence-electron chi connectivity index (χ3n) is 3.41. The summed E-state index contributed by atoms with van der Waals surface area (Å²) < 4.78 is 0. The highest BCUT2D eigenvalue weighted by Crippen LogP contribution is 2.23. The Morgan fingerprint density at radius 1 is 1.33 bits per heavy atom. The number of hydrogen-bond donors (Lipinski definition) is 1. The summed E-state index contributed by atoms with van der Waals surface area (Å²) >= 11 is 0. The van der Waals surface area contributed by atoms with E-state index >= 15 is 0 Å². The molecule has 0 aliphatic carbocycles. The summed E-state index contributed by atoms with van der Waals surface area (Å²) in [5.74, 6) is -0.189. The number of carbonyl (C=O) groups is 3. The molecule has 0 radical (unpaired) electrons. The molecule has 2 rings (SSSR count). The van der Waals surface area contributed by atoms with Gasteiger partial charge in [-0.3, -0.25) is 14.6 Å². The van der Waals surface area contributed by atoms with Gasteiger partial charge < -0.3 is 0 Å². The summed E-state index contributed by atoms with van der Waals surface area (Å²) in [6.45, 7) is 2.29. The molecule has 0 bridgehead atoms. The first-order chi connectivity index (χ1) is 8.56. The highest BCUT2D eigenvalue weighted by Gasteiger charge is 2.41. The molecule has 2 heterocycles. The molecule has 2 fully saturated rings. The van der Waals surface area contributed by atoms with Gasteiger partial charge in [-0.1, -0.05) is 0 Å². The number of nitrogens with one attached hydrogen (secondary N) is 1. The second-order valence-corrected chi connectivity index (χ2v) is 4.54. The van der Waals surface area contributed by atoms with Crippen LogP contribution >= 0.6 is 0 Å². The summed E-state index contributed by atoms with van der Waals surface area (Å²) in [4.78, 5) is 35.9. The zero-order chi connectivity index (χ0) is 13.3. The van der Waals surface area contributed by atoms with Crippen LogP contribution in [-0.2, 0) is 9.59 Å². The van der Waals surface area contributed by atoms with Crippen molar-refractivity contribution in [1.29, 1.82) is 0 Å². The summed E-state index contributed by atoms with van der Waals surface area (Å²) in [6.07, 6.45) is 1.63. The zero-order valence-electron chi connectivity index (χ0n) is 10.7. The molecule has 2 aliphatic rings. The number of fused-ring (bicyclic) bond motifs is 1. The van der Waals surface area contributed by atoms with Crippen molar-refractivity contribution in [3.05, 3.63) is 0 Å². The summed E-state index contributed by atoms with van der Waals surface area (Å²) in [7, 11) is 1.63. The molecule has 0 aromatic carbocycles. The molecule has 0 aromatic heterocycles. The Bertz CT molecular complexity index is 384. The van der Waals surface area contributed by atoms with Crippen LogP contribution in [0.5, 0.6) is 0 Å². The molecule has 7 nitrogen and oxygen atoms in total. The molecule has 0 spiro atoms. The van der Waals surface area contributed by atoms with E-state index in [2.05, 4.69) is 5.43 Å². The number of carbonyl (C=O) groups excluding carboxylic acids is 3. The van der Waals surface area contributed by atoms with Crippen LogP contribution in [0.4, 0.5) is 4.79 Å². The Balaban J connectivity index is 2.34. The summed E-state index contributed by atoms with van der Waals surface area (Å²) in [5, 5.41) is 4.12. The van der Waals surface area contributed by atoms with Crippen molar-refractivity contribution in [2.24, 2.45) is 0 Å². The van der Waals surface area contributed by atoms with E-state index in [1.165, 1.54) is 22.0 Å². The van der Waals surface area contributed by atoms with Crippen molar-refractivity contribution in [2.75, 3.05) is 20.1 Å². The van der Waals surface area contributed by atoms with Crippen LogP contribution < -0.4 is 5.43 Å². The quantitative estimate of drug-likeness (QED) is 0.737. The Morgan fingerprint density at radius 2 is 2.06 bits per heavy atom. The first-order valence-corrected chi connectivity index (χ1v) is 6.15. The van der Waals surface area contributed by atoms with Crippen LogP contribution in [-0.4, -0.2) is 58.9 Å². The normalized spacial score (nSPS) is 25.0. The van der Waals surface area contributed by atoms with E-state index in [1.807, 2.05) is 0 Å². The Kier molecular flexibility index (Phi) is 3.51. The fourth-order valence-electron chi connectivity index (χ4n) is 2.45. The van der Waals surface area contributed by atoms with Gasteiger partial charge in [-0.05, 0) is 19.8 Å². The monoisotopic (exact) mass is 254 g/mol. The van der Waals surface area contributed by atoms with Gasteiger partial charge in [0, 0.05) is 26.6 Å². The lowest BCUT2D eigenvalue weighted by Gasteiger charge is -2.42. The van der Waals surface area contributed by atoms with Gasteiger partial charge in [0.05, 0.1) is 0 Å². The predicted molar refractivity (Wildman–Crippen MR) is 63.0 cm³/mol. The molecule has 0 aromatic rings.